The van der Waals surface area contributed by atoms with Crippen LogP contribution >= 0.6 is 0 Å². The summed E-state index contributed by atoms with van der Waals surface area (Å²) >= 11 is 0. The topological polar surface area (TPSA) is 3.24 Å². The Morgan fingerprint density at radius 1 is 0.963 bits per heavy atom. The molecule has 0 saturated heterocycles. The van der Waals surface area contributed by atoms with Gasteiger partial charge in [-0.25, -0.2) is 4.39 Å². The van der Waals surface area contributed by atoms with Crippen LogP contribution in [0.15, 0.2) is 54.6 Å². The zero-order valence-corrected chi connectivity index (χ0v) is 16.9. The van der Waals surface area contributed by atoms with E-state index in [1.54, 1.807) is 0 Å². The summed E-state index contributed by atoms with van der Waals surface area (Å²) in [6.07, 6.45) is 5.33. The normalized spacial score (nSPS) is 20.9. The van der Waals surface area contributed by atoms with Gasteiger partial charge in [0.05, 0.1) is 0 Å². The Morgan fingerprint density at radius 2 is 1.70 bits per heavy atom. The molecule has 2 aromatic rings. The average Bonchev–Trinajstić information content (AvgIpc) is 3.15. The minimum absolute atomic E-state index is 0.430. The number of benzene rings is 2. The van der Waals surface area contributed by atoms with Gasteiger partial charge in [0.25, 0.3) is 0 Å². The first-order valence-electron chi connectivity index (χ1n) is 10.7. The van der Waals surface area contributed by atoms with Crippen molar-refractivity contribution in [2.24, 2.45) is 0 Å². The van der Waals surface area contributed by atoms with Gasteiger partial charge in [0.15, 0.2) is 0 Å². The molecule has 27 heavy (non-hydrogen) atoms. The van der Waals surface area contributed by atoms with Crippen molar-refractivity contribution in [3.8, 4) is 0 Å². The molecule has 1 aliphatic rings. The highest BCUT2D eigenvalue weighted by molar-refractivity contribution is 5.26. The van der Waals surface area contributed by atoms with Crippen molar-refractivity contribution in [2.45, 2.75) is 77.0 Å². The van der Waals surface area contributed by atoms with Gasteiger partial charge in [0.2, 0.25) is 0 Å². The number of rotatable bonds is 9. The monoisotopic (exact) mass is 367 g/mol. The van der Waals surface area contributed by atoms with Crippen molar-refractivity contribution in [3.63, 3.8) is 0 Å². The maximum atomic E-state index is 13.4. The van der Waals surface area contributed by atoms with E-state index >= 15 is 0 Å². The number of aryl methyl sites for hydroxylation is 1. The highest BCUT2D eigenvalue weighted by atomic mass is 19.1. The summed E-state index contributed by atoms with van der Waals surface area (Å²) in [6, 6.07) is 20.4. The second-order valence-electron chi connectivity index (χ2n) is 8.00. The van der Waals surface area contributed by atoms with Crippen molar-refractivity contribution < 1.29 is 4.39 Å². The summed E-state index contributed by atoms with van der Waals surface area (Å²) in [4.78, 5) is 2.60. The van der Waals surface area contributed by atoms with Gasteiger partial charge < -0.3 is 0 Å². The Morgan fingerprint density at radius 3 is 2.30 bits per heavy atom. The van der Waals surface area contributed by atoms with Crippen molar-refractivity contribution in [1.82, 2.24) is 4.90 Å². The maximum absolute atomic E-state index is 13.4. The molecule has 0 radical (unpaired) electrons. The molecule has 1 nitrogen and oxygen atoms in total. The smallest absolute Gasteiger partial charge is 0.101 e. The first-order chi connectivity index (χ1) is 13.2. The third-order valence-corrected chi connectivity index (χ3v) is 6.21. The van der Waals surface area contributed by atoms with Crippen LogP contribution in [0.25, 0.3) is 0 Å². The van der Waals surface area contributed by atoms with Crippen molar-refractivity contribution in [3.05, 3.63) is 71.3 Å². The maximum Gasteiger partial charge on any atom is 0.101 e. The van der Waals surface area contributed by atoms with E-state index in [1.165, 1.54) is 29.5 Å². The number of halogens is 1. The molecule has 0 aliphatic heterocycles. The van der Waals surface area contributed by atoms with Crippen LogP contribution in [-0.2, 0) is 13.0 Å². The number of alkyl halides is 1. The standard InChI is InChI=1S/C25H34FN/c1-3-25(27(4-2)19-21-8-6-5-7-9-21)17-12-20-10-13-22(14-11-20)23-15-16-24(26)18-23/h5-11,13-14,23-25H,3-4,12,15-19H2,1-2H3. The van der Waals surface area contributed by atoms with E-state index in [9.17, 15) is 4.39 Å². The average molecular weight is 368 g/mol. The summed E-state index contributed by atoms with van der Waals surface area (Å²) in [5.74, 6) is 0.430. The molecule has 0 heterocycles. The molecule has 146 valence electrons. The van der Waals surface area contributed by atoms with E-state index in [0.29, 0.717) is 18.4 Å². The summed E-state index contributed by atoms with van der Waals surface area (Å²) in [5.41, 5.74) is 4.12. The number of hydrogen-bond donors (Lipinski definition) is 0. The lowest BCUT2D eigenvalue weighted by molar-refractivity contribution is 0.182. The molecule has 0 amide bonds. The third-order valence-electron chi connectivity index (χ3n) is 6.21. The molecular formula is C25H34FN. The van der Waals surface area contributed by atoms with Gasteiger partial charge in [-0.1, -0.05) is 68.4 Å². The Bertz CT molecular complexity index is 666. The molecule has 0 N–H and O–H groups in total. The molecule has 0 bridgehead atoms. The molecule has 3 atom stereocenters. The summed E-state index contributed by atoms with van der Waals surface area (Å²) in [7, 11) is 0. The number of nitrogens with zero attached hydrogens (tertiary/aromatic N) is 1. The van der Waals surface area contributed by atoms with E-state index in [1.807, 2.05) is 0 Å². The lowest BCUT2D eigenvalue weighted by Crippen LogP contribution is -2.34. The first kappa shape index (κ1) is 20.1. The van der Waals surface area contributed by atoms with Gasteiger partial charge in [-0.15, -0.1) is 0 Å². The highest BCUT2D eigenvalue weighted by Gasteiger charge is 2.25. The molecule has 1 aliphatic carbocycles. The Hall–Kier alpha value is -1.67. The van der Waals surface area contributed by atoms with Crippen molar-refractivity contribution in [2.75, 3.05) is 6.54 Å². The Balaban J connectivity index is 1.55. The quantitative estimate of drug-likeness (QED) is 0.487. The largest absolute Gasteiger partial charge is 0.296 e. The fourth-order valence-electron chi connectivity index (χ4n) is 4.48. The molecular weight excluding hydrogens is 333 g/mol. The second-order valence-corrected chi connectivity index (χ2v) is 8.00. The molecule has 3 unspecified atom stereocenters. The van der Waals surface area contributed by atoms with Gasteiger partial charge in [0, 0.05) is 12.6 Å². The minimum Gasteiger partial charge on any atom is -0.296 e. The van der Waals surface area contributed by atoms with Crippen LogP contribution < -0.4 is 0 Å². The molecule has 2 heteroatoms. The first-order valence-corrected chi connectivity index (χ1v) is 10.7. The molecule has 0 aromatic heterocycles. The minimum atomic E-state index is -0.593. The summed E-state index contributed by atoms with van der Waals surface area (Å²) in [5, 5.41) is 0. The van der Waals surface area contributed by atoms with Gasteiger partial charge in [0.1, 0.15) is 6.17 Å². The van der Waals surface area contributed by atoms with Crippen LogP contribution in [0.5, 0.6) is 0 Å². The van der Waals surface area contributed by atoms with E-state index < -0.39 is 6.17 Å². The zero-order chi connectivity index (χ0) is 19.1. The van der Waals surface area contributed by atoms with Crippen LogP contribution in [-0.4, -0.2) is 23.7 Å². The van der Waals surface area contributed by atoms with Gasteiger partial charge >= 0.3 is 0 Å². The molecule has 0 spiro atoms. The van der Waals surface area contributed by atoms with Gasteiger partial charge in [-0.3, -0.25) is 4.90 Å². The van der Waals surface area contributed by atoms with Gasteiger partial charge in [-0.2, -0.15) is 0 Å². The summed E-state index contributed by atoms with van der Waals surface area (Å²) < 4.78 is 13.4. The fourth-order valence-corrected chi connectivity index (χ4v) is 4.48. The lowest BCUT2D eigenvalue weighted by Gasteiger charge is -2.30. The molecule has 3 rings (SSSR count). The van der Waals surface area contributed by atoms with Gasteiger partial charge in [-0.05, 0) is 67.7 Å². The molecule has 1 saturated carbocycles. The van der Waals surface area contributed by atoms with Crippen LogP contribution in [0.1, 0.15) is 68.6 Å². The van der Waals surface area contributed by atoms with Crippen LogP contribution in [0.3, 0.4) is 0 Å². The fraction of sp³-hybridized carbons (Fsp3) is 0.520. The lowest BCUT2D eigenvalue weighted by atomic mass is 9.95. The van der Waals surface area contributed by atoms with E-state index in [4.69, 9.17) is 0 Å². The molecule has 2 aromatic carbocycles. The third kappa shape index (κ3) is 5.65. The van der Waals surface area contributed by atoms with Crippen molar-refractivity contribution >= 4 is 0 Å². The SMILES string of the molecule is CCC(CCc1ccc(C2CCC(F)C2)cc1)N(CC)Cc1ccccc1. The van der Waals surface area contributed by atoms with Crippen LogP contribution in [0.2, 0.25) is 0 Å². The van der Waals surface area contributed by atoms with E-state index in [-0.39, 0.29) is 0 Å². The van der Waals surface area contributed by atoms with Crippen LogP contribution in [0, 0.1) is 0 Å². The van der Waals surface area contributed by atoms with E-state index in [2.05, 4.69) is 73.3 Å². The predicted molar refractivity (Wildman–Crippen MR) is 113 cm³/mol. The zero-order valence-electron chi connectivity index (χ0n) is 16.9. The molecule has 1 fully saturated rings. The van der Waals surface area contributed by atoms with E-state index in [0.717, 1.165) is 32.4 Å². The Labute approximate surface area is 164 Å². The second kappa shape index (κ2) is 10.0. The predicted octanol–water partition coefficient (Wildman–Crippen LogP) is 6.53. The highest BCUT2D eigenvalue weighted by Crippen LogP contribution is 2.36. The number of hydrogen-bond acceptors (Lipinski definition) is 1. The van der Waals surface area contributed by atoms with Crippen LogP contribution in [0.4, 0.5) is 4.39 Å². The van der Waals surface area contributed by atoms with Crippen molar-refractivity contribution in [1.29, 1.82) is 0 Å². The Kier molecular flexibility index (Phi) is 7.46. The summed E-state index contributed by atoms with van der Waals surface area (Å²) in [6.45, 7) is 6.67.